The maximum Gasteiger partial charge on any atom is 0.343 e. The Hall–Kier alpha value is -4.38. The van der Waals surface area contributed by atoms with Gasteiger partial charge in [-0.2, -0.15) is 5.10 Å². The Kier molecular flexibility index (Phi) is 9.01. The quantitative estimate of drug-likeness (QED) is 0.238. The molecule has 0 aliphatic carbocycles. The number of hydrazone groups is 1. The third-order valence-corrected chi connectivity index (χ3v) is 6.61. The van der Waals surface area contributed by atoms with Gasteiger partial charge >= 0.3 is 5.97 Å². The van der Waals surface area contributed by atoms with Gasteiger partial charge in [-0.05, 0) is 54.1 Å². The fraction of sp³-hybridized carbons (Fsp3) is 0.160. The molecule has 0 atom stereocenters. The number of methoxy groups -OCH3 is 2. The van der Waals surface area contributed by atoms with Crippen LogP contribution in [-0.2, 0) is 24.3 Å². The van der Waals surface area contributed by atoms with E-state index in [2.05, 4.69) is 15.3 Å². The summed E-state index contributed by atoms with van der Waals surface area (Å²) in [5, 5.41) is 3.91. The van der Waals surface area contributed by atoms with E-state index in [1.165, 1.54) is 32.6 Å². The maximum atomic E-state index is 13.4. The zero-order valence-corrected chi connectivity index (χ0v) is 20.5. The third kappa shape index (κ3) is 6.83. The number of para-hydroxylation sites is 2. The normalized spacial score (nSPS) is 11.1. The Morgan fingerprint density at radius 1 is 0.944 bits per heavy atom. The van der Waals surface area contributed by atoms with Crippen LogP contribution in [0.5, 0.6) is 11.5 Å². The van der Waals surface area contributed by atoms with Crippen LogP contribution >= 0.6 is 0 Å². The molecule has 0 aliphatic heterocycles. The lowest BCUT2D eigenvalue weighted by molar-refractivity contribution is -0.142. The second-order valence-electron chi connectivity index (χ2n) is 7.22. The average Bonchev–Trinajstić information content (AvgIpc) is 2.91. The largest absolute Gasteiger partial charge is 0.495 e. The predicted octanol–water partition coefficient (Wildman–Crippen LogP) is 2.59. The molecule has 3 rings (SSSR count). The van der Waals surface area contributed by atoms with Crippen molar-refractivity contribution in [3.63, 3.8) is 0 Å². The summed E-state index contributed by atoms with van der Waals surface area (Å²) in [6.45, 7) is -0.746. The number of amides is 1. The molecular formula is C25H25N3O7S. The molecule has 0 unspecified atom stereocenters. The standard InChI is InChI=1S/C25H25N3O7S/c1-33-23-11-7-6-10-22(23)28(36(31,32)21-8-4-3-5-9-21)17-24(29)27-26-16-19-12-14-20(15-13-19)35-18-25(30)34-2/h3-16H,17-18H2,1-2H3,(H,27,29). The van der Waals surface area contributed by atoms with Gasteiger partial charge in [0.05, 0.1) is 31.0 Å². The van der Waals surface area contributed by atoms with Crippen LogP contribution in [0.15, 0.2) is 88.9 Å². The fourth-order valence-corrected chi connectivity index (χ4v) is 4.50. The van der Waals surface area contributed by atoms with Crippen LogP contribution in [0.1, 0.15) is 5.56 Å². The Morgan fingerprint density at radius 2 is 1.61 bits per heavy atom. The number of hydrogen-bond donors (Lipinski definition) is 1. The molecule has 0 radical (unpaired) electrons. The topological polar surface area (TPSA) is 124 Å². The second-order valence-corrected chi connectivity index (χ2v) is 9.09. The molecule has 0 heterocycles. The van der Waals surface area contributed by atoms with Gasteiger partial charge in [0.2, 0.25) is 0 Å². The van der Waals surface area contributed by atoms with Crippen molar-refractivity contribution in [3.05, 3.63) is 84.4 Å². The van der Waals surface area contributed by atoms with Crippen LogP contribution < -0.4 is 19.2 Å². The predicted molar refractivity (Wildman–Crippen MR) is 134 cm³/mol. The van der Waals surface area contributed by atoms with Crippen molar-refractivity contribution < 1.29 is 32.2 Å². The van der Waals surface area contributed by atoms with Crippen molar-refractivity contribution in [3.8, 4) is 11.5 Å². The lowest BCUT2D eigenvalue weighted by Crippen LogP contribution is -2.39. The van der Waals surface area contributed by atoms with E-state index in [-0.39, 0.29) is 17.2 Å². The number of carbonyl (C=O) groups excluding carboxylic acids is 2. The first kappa shape index (κ1) is 26.2. The van der Waals surface area contributed by atoms with Crippen LogP contribution in [0.4, 0.5) is 5.69 Å². The van der Waals surface area contributed by atoms with Crippen molar-refractivity contribution in [1.29, 1.82) is 0 Å². The molecule has 0 aromatic heterocycles. The van der Waals surface area contributed by atoms with Gasteiger partial charge in [0, 0.05) is 0 Å². The number of anilines is 1. The van der Waals surface area contributed by atoms with Crippen molar-refractivity contribution in [2.45, 2.75) is 4.90 Å². The molecule has 36 heavy (non-hydrogen) atoms. The molecule has 0 saturated heterocycles. The average molecular weight is 512 g/mol. The van der Waals surface area contributed by atoms with E-state index in [9.17, 15) is 18.0 Å². The van der Waals surface area contributed by atoms with E-state index >= 15 is 0 Å². The first-order chi connectivity index (χ1) is 17.3. The highest BCUT2D eigenvalue weighted by Crippen LogP contribution is 2.32. The Balaban J connectivity index is 1.73. The fourth-order valence-electron chi connectivity index (χ4n) is 3.05. The Labute approximate surface area is 209 Å². The van der Waals surface area contributed by atoms with Crippen LogP contribution in [0.3, 0.4) is 0 Å². The lowest BCUT2D eigenvalue weighted by Gasteiger charge is -2.25. The lowest BCUT2D eigenvalue weighted by atomic mass is 10.2. The number of esters is 1. The summed E-state index contributed by atoms with van der Waals surface area (Å²) in [5.41, 5.74) is 3.20. The zero-order valence-electron chi connectivity index (χ0n) is 19.7. The summed E-state index contributed by atoms with van der Waals surface area (Å²) >= 11 is 0. The molecule has 0 spiro atoms. The Morgan fingerprint density at radius 3 is 2.28 bits per heavy atom. The third-order valence-electron chi connectivity index (χ3n) is 4.84. The van der Waals surface area contributed by atoms with Crippen LogP contribution in [0, 0.1) is 0 Å². The van der Waals surface area contributed by atoms with Crippen molar-refractivity contribution in [2.24, 2.45) is 5.10 Å². The van der Waals surface area contributed by atoms with E-state index in [4.69, 9.17) is 9.47 Å². The van der Waals surface area contributed by atoms with Crippen LogP contribution in [-0.4, -0.2) is 53.9 Å². The molecule has 1 amide bonds. The van der Waals surface area contributed by atoms with Gasteiger partial charge in [-0.15, -0.1) is 0 Å². The van der Waals surface area contributed by atoms with E-state index in [0.29, 0.717) is 17.1 Å². The summed E-state index contributed by atoms with van der Waals surface area (Å²) in [4.78, 5) is 23.9. The highest BCUT2D eigenvalue weighted by Gasteiger charge is 2.29. The highest BCUT2D eigenvalue weighted by molar-refractivity contribution is 7.92. The van der Waals surface area contributed by atoms with Gasteiger partial charge in [0.25, 0.3) is 15.9 Å². The molecule has 0 fully saturated rings. The number of rotatable bonds is 11. The van der Waals surface area contributed by atoms with Gasteiger partial charge in [-0.25, -0.2) is 18.6 Å². The molecular weight excluding hydrogens is 486 g/mol. The number of nitrogens with zero attached hydrogens (tertiary/aromatic N) is 2. The Bertz CT molecular complexity index is 1310. The summed E-state index contributed by atoms with van der Waals surface area (Å²) in [7, 11) is -1.39. The molecule has 0 bridgehead atoms. The summed E-state index contributed by atoms with van der Waals surface area (Å²) in [5.74, 6) is -0.405. The first-order valence-corrected chi connectivity index (χ1v) is 12.1. The van der Waals surface area contributed by atoms with E-state index in [0.717, 1.165) is 4.31 Å². The number of hydrogen-bond acceptors (Lipinski definition) is 8. The monoisotopic (exact) mass is 511 g/mol. The number of sulfonamides is 1. The molecule has 1 N–H and O–H groups in total. The highest BCUT2D eigenvalue weighted by atomic mass is 32.2. The van der Waals surface area contributed by atoms with E-state index in [1.807, 2.05) is 0 Å². The number of nitrogens with one attached hydrogen (secondary N) is 1. The molecule has 0 aliphatic rings. The first-order valence-electron chi connectivity index (χ1n) is 10.7. The van der Waals surface area contributed by atoms with Crippen molar-refractivity contribution >= 4 is 33.8 Å². The van der Waals surface area contributed by atoms with Gasteiger partial charge in [0.15, 0.2) is 6.61 Å². The van der Waals surface area contributed by atoms with Crippen molar-refractivity contribution in [1.82, 2.24) is 5.43 Å². The van der Waals surface area contributed by atoms with E-state index < -0.39 is 28.4 Å². The number of ether oxygens (including phenoxy) is 3. The van der Waals surface area contributed by atoms with Gasteiger partial charge in [-0.3, -0.25) is 9.10 Å². The molecule has 10 nitrogen and oxygen atoms in total. The van der Waals surface area contributed by atoms with Gasteiger partial charge in [-0.1, -0.05) is 30.3 Å². The smallest absolute Gasteiger partial charge is 0.343 e. The molecule has 11 heteroatoms. The number of carbonyl (C=O) groups is 2. The molecule has 3 aromatic rings. The SMILES string of the molecule is COC(=O)COc1ccc(C=NNC(=O)CN(c2ccccc2OC)S(=O)(=O)c2ccccc2)cc1. The van der Waals surface area contributed by atoms with Crippen LogP contribution in [0.25, 0.3) is 0 Å². The maximum absolute atomic E-state index is 13.4. The minimum absolute atomic E-state index is 0.0294. The van der Waals surface area contributed by atoms with Crippen LogP contribution in [0.2, 0.25) is 0 Å². The molecule has 0 saturated carbocycles. The molecule has 3 aromatic carbocycles. The van der Waals surface area contributed by atoms with Crippen molar-refractivity contribution in [2.75, 3.05) is 31.7 Å². The van der Waals surface area contributed by atoms with Gasteiger partial charge < -0.3 is 14.2 Å². The summed E-state index contributed by atoms with van der Waals surface area (Å²) < 4.78 is 42.9. The van der Waals surface area contributed by atoms with Gasteiger partial charge in [0.1, 0.15) is 18.0 Å². The molecule has 188 valence electrons. The number of benzene rings is 3. The zero-order chi connectivity index (χ0) is 26.0. The summed E-state index contributed by atoms with van der Waals surface area (Å²) in [6.07, 6.45) is 1.39. The minimum Gasteiger partial charge on any atom is -0.495 e. The van der Waals surface area contributed by atoms with E-state index in [1.54, 1.807) is 66.7 Å². The second kappa shape index (κ2) is 12.4. The minimum atomic E-state index is -4.08. The summed E-state index contributed by atoms with van der Waals surface area (Å²) in [6, 6.07) is 20.9.